The first-order valence-electron chi connectivity index (χ1n) is 6.48. The van der Waals surface area contributed by atoms with Crippen LogP contribution < -0.4 is 0 Å². The van der Waals surface area contributed by atoms with E-state index in [4.69, 9.17) is 9.84 Å². The number of methoxy groups -OCH3 is 1. The van der Waals surface area contributed by atoms with Gasteiger partial charge in [-0.25, -0.2) is 4.79 Å². The van der Waals surface area contributed by atoms with Crippen LogP contribution in [0.2, 0.25) is 0 Å². The number of benzene rings is 1. The van der Waals surface area contributed by atoms with Gasteiger partial charge in [0.2, 0.25) is 0 Å². The van der Waals surface area contributed by atoms with E-state index in [1.54, 1.807) is 0 Å². The summed E-state index contributed by atoms with van der Waals surface area (Å²) < 4.78 is 42.6. The van der Waals surface area contributed by atoms with Gasteiger partial charge < -0.3 is 14.7 Å². The van der Waals surface area contributed by atoms with Crippen LogP contribution in [0.25, 0.3) is 0 Å². The van der Waals surface area contributed by atoms with Crippen LogP contribution in [0.5, 0.6) is 0 Å². The summed E-state index contributed by atoms with van der Waals surface area (Å²) in [4.78, 5) is 12.5. The summed E-state index contributed by atoms with van der Waals surface area (Å²) in [7, 11) is 1.49. The second-order valence-corrected chi connectivity index (χ2v) is 5.10. The van der Waals surface area contributed by atoms with E-state index < -0.39 is 17.8 Å². The molecule has 1 saturated heterocycles. The number of alkyl halides is 3. The molecule has 4 nitrogen and oxygen atoms in total. The van der Waals surface area contributed by atoms with E-state index >= 15 is 0 Å². The molecule has 0 saturated carbocycles. The highest BCUT2D eigenvalue weighted by Gasteiger charge is 2.36. The zero-order valence-corrected chi connectivity index (χ0v) is 11.4. The second-order valence-electron chi connectivity index (χ2n) is 5.10. The fourth-order valence-electron chi connectivity index (χ4n) is 2.69. The van der Waals surface area contributed by atoms with Gasteiger partial charge in [-0.15, -0.1) is 0 Å². The largest absolute Gasteiger partial charge is 0.465 e. The lowest BCUT2D eigenvalue weighted by Crippen LogP contribution is -2.37. The molecule has 1 aromatic carbocycles. The van der Waals surface area contributed by atoms with E-state index in [1.165, 1.54) is 24.1 Å². The van der Waals surface area contributed by atoms with E-state index in [-0.39, 0.29) is 25.1 Å². The molecule has 2 atom stereocenters. The molecule has 21 heavy (non-hydrogen) atoms. The zero-order chi connectivity index (χ0) is 15.6. The Morgan fingerprint density at radius 1 is 1.38 bits per heavy atom. The number of hydrogen-bond donors (Lipinski definition) is 1. The Morgan fingerprint density at radius 3 is 2.48 bits per heavy atom. The van der Waals surface area contributed by atoms with Gasteiger partial charge in [0.25, 0.3) is 0 Å². The molecule has 116 valence electrons. The molecule has 1 fully saturated rings. The van der Waals surface area contributed by atoms with Crippen molar-refractivity contribution in [2.24, 2.45) is 0 Å². The smallest absolute Gasteiger partial charge is 0.416 e. The van der Waals surface area contributed by atoms with Gasteiger partial charge in [-0.1, -0.05) is 12.1 Å². The van der Waals surface area contributed by atoms with Gasteiger partial charge in [-0.05, 0) is 24.1 Å². The van der Waals surface area contributed by atoms with E-state index in [9.17, 15) is 18.0 Å². The van der Waals surface area contributed by atoms with Crippen molar-refractivity contribution in [3.05, 3.63) is 35.4 Å². The summed E-state index contributed by atoms with van der Waals surface area (Å²) in [6.45, 7) is 0.554. The minimum atomic E-state index is -4.36. The molecule has 1 amide bonds. The topological polar surface area (TPSA) is 49.8 Å². The van der Waals surface area contributed by atoms with E-state index in [2.05, 4.69) is 0 Å². The number of halogens is 3. The van der Waals surface area contributed by atoms with Crippen LogP contribution in [-0.4, -0.2) is 42.4 Å². The van der Waals surface area contributed by atoms with Crippen molar-refractivity contribution in [2.75, 3.05) is 20.3 Å². The first-order chi connectivity index (χ1) is 9.82. The van der Waals surface area contributed by atoms with Crippen molar-refractivity contribution in [2.45, 2.75) is 24.6 Å². The molecular formula is C14H16F3NO3. The molecule has 7 heteroatoms. The lowest BCUT2D eigenvalue weighted by atomic mass is 9.95. The summed E-state index contributed by atoms with van der Waals surface area (Å²) in [5.74, 6) is -0.108. The Labute approximate surface area is 120 Å². The molecular weight excluding hydrogens is 287 g/mol. The lowest BCUT2D eigenvalue weighted by Gasteiger charge is -2.20. The molecule has 1 N–H and O–H groups in total. The van der Waals surface area contributed by atoms with Crippen molar-refractivity contribution in [1.29, 1.82) is 0 Å². The Hall–Kier alpha value is -1.76. The van der Waals surface area contributed by atoms with Gasteiger partial charge >= 0.3 is 12.3 Å². The van der Waals surface area contributed by atoms with E-state index in [1.807, 2.05) is 0 Å². The fraction of sp³-hybridized carbons (Fsp3) is 0.500. The average molecular weight is 303 g/mol. The van der Waals surface area contributed by atoms with Crippen LogP contribution in [-0.2, 0) is 10.9 Å². The number of hydrogen-bond acceptors (Lipinski definition) is 2. The number of carboxylic acid groups (broad SMARTS) is 1. The van der Waals surface area contributed by atoms with Crippen LogP contribution in [0, 0.1) is 0 Å². The zero-order valence-electron chi connectivity index (χ0n) is 11.4. The highest BCUT2D eigenvalue weighted by molar-refractivity contribution is 5.66. The Kier molecular flexibility index (Phi) is 4.41. The van der Waals surface area contributed by atoms with E-state index in [0.717, 1.165) is 12.1 Å². The molecule has 0 bridgehead atoms. The van der Waals surface area contributed by atoms with Crippen LogP contribution in [0.15, 0.2) is 24.3 Å². The maximum absolute atomic E-state index is 12.5. The number of likely N-dealkylation sites (tertiary alicyclic amines) is 1. The van der Waals surface area contributed by atoms with Gasteiger partial charge in [-0.2, -0.15) is 13.2 Å². The summed E-state index contributed by atoms with van der Waals surface area (Å²) in [6.07, 6.45) is -4.85. The molecule has 1 unspecified atom stereocenters. The van der Waals surface area contributed by atoms with Crippen molar-refractivity contribution < 1.29 is 27.8 Å². The number of amides is 1. The molecule has 1 aliphatic rings. The number of carbonyl (C=O) groups is 1. The molecule has 0 aliphatic carbocycles. The number of nitrogens with zero attached hydrogens (tertiary/aromatic N) is 1. The number of rotatable bonds is 3. The molecule has 0 spiro atoms. The minimum absolute atomic E-state index is 0.108. The van der Waals surface area contributed by atoms with Gasteiger partial charge in [0.1, 0.15) is 0 Å². The second kappa shape index (κ2) is 5.93. The van der Waals surface area contributed by atoms with Crippen LogP contribution in [0.1, 0.15) is 23.5 Å². The van der Waals surface area contributed by atoms with Gasteiger partial charge in [0.05, 0.1) is 18.2 Å². The molecule has 0 radical (unpaired) electrons. The predicted octanol–water partition coefficient (Wildman–Crippen LogP) is 3.19. The highest BCUT2D eigenvalue weighted by Crippen LogP contribution is 2.34. The van der Waals surface area contributed by atoms with Crippen LogP contribution >= 0.6 is 0 Å². The summed E-state index contributed by atoms with van der Waals surface area (Å²) in [5, 5.41) is 9.15. The Balaban J connectivity index is 2.14. The third kappa shape index (κ3) is 3.47. The first-order valence-corrected chi connectivity index (χ1v) is 6.48. The third-order valence-corrected chi connectivity index (χ3v) is 3.73. The SMILES string of the molecule is COC[C@@H]1CC(c2ccc(C(F)(F)F)cc2)CN1C(=O)O. The fourth-order valence-corrected chi connectivity index (χ4v) is 2.69. The molecule has 2 rings (SSSR count). The lowest BCUT2D eigenvalue weighted by molar-refractivity contribution is -0.137. The molecule has 1 heterocycles. The number of ether oxygens (including phenoxy) is 1. The summed E-state index contributed by atoms with van der Waals surface area (Å²) in [6, 6.07) is 4.64. The van der Waals surface area contributed by atoms with E-state index in [0.29, 0.717) is 12.0 Å². The standard InChI is InChI=1S/C14H16F3NO3/c1-21-8-12-6-10(7-18(12)13(19)20)9-2-4-11(5-3-9)14(15,16)17/h2-5,10,12H,6-8H2,1H3,(H,19,20)/t10?,12-/m0/s1. The maximum atomic E-state index is 12.5. The van der Waals surface area contributed by atoms with Crippen molar-refractivity contribution in [1.82, 2.24) is 4.90 Å². The maximum Gasteiger partial charge on any atom is 0.416 e. The van der Waals surface area contributed by atoms with Gasteiger partial charge in [0, 0.05) is 19.6 Å². The monoisotopic (exact) mass is 303 g/mol. The molecule has 1 aromatic rings. The average Bonchev–Trinajstić information content (AvgIpc) is 2.82. The molecule has 1 aliphatic heterocycles. The van der Waals surface area contributed by atoms with Crippen molar-refractivity contribution >= 4 is 6.09 Å². The summed E-state index contributed by atoms with van der Waals surface area (Å²) in [5.41, 5.74) is 0.0145. The highest BCUT2D eigenvalue weighted by atomic mass is 19.4. The van der Waals surface area contributed by atoms with Crippen molar-refractivity contribution in [3.63, 3.8) is 0 Å². The minimum Gasteiger partial charge on any atom is -0.465 e. The Morgan fingerprint density at radius 2 is 2.00 bits per heavy atom. The quantitative estimate of drug-likeness (QED) is 0.933. The van der Waals surface area contributed by atoms with Crippen LogP contribution in [0.4, 0.5) is 18.0 Å². The third-order valence-electron chi connectivity index (χ3n) is 3.73. The Bertz CT molecular complexity index is 501. The van der Waals surface area contributed by atoms with Crippen molar-refractivity contribution in [3.8, 4) is 0 Å². The predicted molar refractivity (Wildman–Crippen MR) is 69.2 cm³/mol. The first kappa shape index (κ1) is 15.6. The molecule has 0 aromatic heterocycles. The summed E-state index contributed by atoms with van der Waals surface area (Å²) >= 11 is 0. The van der Waals surface area contributed by atoms with Gasteiger partial charge in [-0.3, -0.25) is 0 Å². The normalized spacial score (nSPS) is 22.6. The van der Waals surface area contributed by atoms with Crippen LogP contribution in [0.3, 0.4) is 0 Å². The van der Waals surface area contributed by atoms with Gasteiger partial charge in [0.15, 0.2) is 0 Å².